The van der Waals surface area contributed by atoms with Gasteiger partial charge >= 0.3 is 6.03 Å². The van der Waals surface area contributed by atoms with Crippen LogP contribution in [0.1, 0.15) is 25.3 Å². The number of hydrogen-bond acceptors (Lipinski definition) is 2. The Labute approximate surface area is 114 Å². The molecule has 1 aliphatic heterocycles. The maximum atomic E-state index is 12.2. The van der Waals surface area contributed by atoms with E-state index in [-0.39, 0.29) is 6.03 Å². The Morgan fingerprint density at radius 1 is 1.37 bits per heavy atom. The van der Waals surface area contributed by atoms with E-state index in [1.54, 1.807) is 0 Å². The van der Waals surface area contributed by atoms with E-state index in [4.69, 9.17) is 4.74 Å². The van der Waals surface area contributed by atoms with Gasteiger partial charge in [-0.15, -0.1) is 0 Å². The van der Waals surface area contributed by atoms with Gasteiger partial charge in [0.05, 0.1) is 6.10 Å². The summed E-state index contributed by atoms with van der Waals surface area (Å²) in [6, 6.07) is 7.82. The van der Waals surface area contributed by atoms with Crippen molar-refractivity contribution < 1.29 is 9.53 Å². The van der Waals surface area contributed by atoms with E-state index in [1.807, 2.05) is 43.0 Å². The molecule has 2 amide bonds. The summed E-state index contributed by atoms with van der Waals surface area (Å²) in [6.45, 7) is 6.29. The molecule has 0 spiro atoms. The molecule has 0 aliphatic carbocycles. The number of hydrogen-bond donors (Lipinski definition) is 1. The predicted octanol–water partition coefficient (Wildman–Crippen LogP) is 3.03. The molecule has 0 atom stereocenters. The normalized spacial score (nSPS) is 16.4. The van der Waals surface area contributed by atoms with Crippen LogP contribution >= 0.6 is 0 Å². The van der Waals surface area contributed by atoms with Gasteiger partial charge in [0, 0.05) is 25.4 Å². The second-order valence-corrected chi connectivity index (χ2v) is 4.89. The van der Waals surface area contributed by atoms with Crippen LogP contribution in [0.5, 0.6) is 0 Å². The van der Waals surface area contributed by atoms with Crippen LogP contribution in [0.3, 0.4) is 0 Å². The van der Waals surface area contributed by atoms with Gasteiger partial charge in [0.25, 0.3) is 0 Å². The average molecular weight is 262 g/mol. The summed E-state index contributed by atoms with van der Waals surface area (Å²) in [5, 5.41) is 2.97. The van der Waals surface area contributed by atoms with E-state index in [2.05, 4.69) is 5.32 Å². The summed E-state index contributed by atoms with van der Waals surface area (Å²) >= 11 is 0. The van der Waals surface area contributed by atoms with Crippen molar-refractivity contribution in [3.05, 3.63) is 29.8 Å². The Hall–Kier alpha value is -1.55. The molecule has 1 heterocycles. The summed E-state index contributed by atoms with van der Waals surface area (Å²) in [5.74, 6) is 0. The number of para-hydroxylation sites is 1. The van der Waals surface area contributed by atoms with E-state index in [0.717, 1.165) is 43.8 Å². The van der Waals surface area contributed by atoms with Crippen molar-refractivity contribution in [1.29, 1.82) is 0 Å². The van der Waals surface area contributed by atoms with Crippen LogP contribution in [-0.4, -0.2) is 36.7 Å². The van der Waals surface area contributed by atoms with Crippen molar-refractivity contribution in [3.8, 4) is 0 Å². The number of nitrogens with zero attached hydrogens (tertiary/aromatic N) is 1. The molecule has 1 fully saturated rings. The van der Waals surface area contributed by atoms with Gasteiger partial charge in [0.2, 0.25) is 0 Å². The molecule has 0 saturated carbocycles. The topological polar surface area (TPSA) is 41.6 Å². The molecular formula is C15H22N2O2. The van der Waals surface area contributed by atoms with Crippen molar-refractivity contribution in [3.63, 3.8) is 0 Å². The van der Waals surface area contributed by atoms with Crippen LogP contribution in [0.25, 0.3) is 0 Å². The van der Waals surface area contributed by atoms with E-state index < -0.39 is 0 Å². The molecule has 1 aromatic carbocycles. The number of likely N-dealkylation sites (tertiary alicyclic amines) is 1. The fourth-order valence-corrected chi connectivity index (χ4v) is 2.37. The molecule has 0 radical (unpaired) electrons. The molecule has 0 bridgehead atoms. The highest BCUT2D eigenvalue weighted by Gasteiger charge is 2.23. The number of carbonyl (C=O) groups excluding carboxylic acids is 1. The number of rotatable bonds is 3. The number of anilines is 1. The lowest BCUT2D eigenvalue weighted by molar-refractivity contribution is 0.0232. The quantitative estimate of drug-likeness (QED) is 0.909. The third-order valence-electron chi connectivity index (χ3n) is 3.52. The standard InChI is InChI=1S/C15H22N2O2/c1-3-19-13-8-10-17(11-9-13)15(18)16-14-7-5-4-6-12(14)2/h4-7,13H,3,8-11H2,1-2H3,(H,16,18). The van der Waals surface area contributed by atoms with Crippen LogP contribution in [0.15, 0.2) is 24.3 Å². The molecule has 0 aromatic heterocycles. The van der Waals surface area contributed by atoms with Crippen LogP contribution in [0.4, 0.5) is 10.5 Å². The molecule has 1 N–H and O–H groups in total. The van der Waals surface area contributed by atoms with Crippen LogP contribution < -0.4 is 5.32 Å². The molecule has 1 aliphatic rings. The zero-order valence-electron chi connectivity index (χ0n) is 11.7. The minimum absolute atomic E-state index is 0.00996. The zero-order chi connectivity index (χ0) is 13.7. The average Bonchev–Trinajstić information content (AvgIpc) is 2.42. The Morgan fingerprint density at radius 2 is 2.05 bits per heavy atom. The van der Waals surface area contributed by atoms with Gasteiger partial charge in [-0.2, -0.15) is 0 Å². The van der Waals surface area contributed by atoms with Gasteiger partial charge in [-0.1, -0.05) is 18.2 Å². The van der Waals surface area contributed by atoms with Gasteiger partial charge in [-0.25, -0.2) is 4.79 Å². The second kappa shape index (κ2) is 6.57. The van der Waals surface area contributed by atoms with Crippen molar-refractivity contribution >= 4 is 11.7 Å². The molecule has 0 unspecified atom stereocenters. The zero-order valence-corrected chi connectivity index (χ0v) is 11.7. The molecule has 4 heteroatoms. The minimum atomic E-state index is -0.00996. The number of amides is 2. The molecule has 104 valence electrons. The smallest absolute Gasteiger partial charge is 0.321 e. The minimum Gasteiger partial charge on any atom is -0.378 e. The molecular weight excluding hydrogens is 240 g/mol. The number of benzene rings is 1. The lowest BCUT2D eigenvalue weighted by Crippen LogP contribution is -2.43. The first-order chi connectivity index (χ1) is 9.20. The van der Waals surface area contributed by atoms with Crippen molar-refractivity contribution in [2.75, 3.05) is 25.0 Å². The molecule has 1 saturated heterocycles. The lowest BCUT2D eigenvalue weighted by atomic mass is 10.1. The highest BCUT2D eigenvalue weighted by molar-refractivity contribution is 5.90. The fourth-order valence-electron chi connectivity index (χ4n) is 2.37. The van der Waals surface area contributed by atoms with Gasteiger partial charge in [0.15, 0.2) is 0 Å². The Morgan fingerprint density at radius 3 is 2.68 bits per heavy atom. The lowest BCUT2D eigenvalue weighted by Gasteiger charge is -2.31. The molecule has 1 aromatic rings. The summed E-state index contributed by atoms with van der Waals surface area (Å²) in [4.78, 5) is 14.0. The first-order valence-electron chi connectivity index (χ1n) is 6.94. The highest BCUT2D eigenvalue weighted by Crippen LogP contribution is 2.17. The molecule has 19 heavy (non-hydrogen) atoms. The summed E-state index contributed by atoms with van der Waals surface area (Å²) in [6.07, 6.45) is 2.16. The van der Waals surface area contributed by atoms with Gasteiger partial charge in [-0.3, -0.25) is 0 Å². The maximum Gasteiger partial charge on any atom is 0.321 e. The van der Waals surface area contributed by atoms with Crippen molar-refractivity contribution in [2.45, 2.75) is 32.8 Å². The number of ether oxygens (including phenoxy) is 1. The van der Waals surface area contributed by atoms with Gasteiger partial charge in [-0.05, 0) is 38.3 Å². The number of carbonyl (C=O) groups is 1. The van der Waals surface area contributed by atoms with E-state index in [9.17, 15) is 4.79 Å². The number of piperidine rings is 1. The number of aryl methyl sites for hydroxylation is 1. The van der Waals surface area contributed by atoms with Crippen molar-refractivity contribution in [1.82, 2.24) is 4.90 Å². The van der Waals surface area contributed by atoms with E-state index in [1.165, 1.54) is 0 Å². The van der Waals surface area contributed by atoms with Gasteiger partial charge < -0.3 is 15.0 Å². The summed E-state index contributed by atoms with van der Waals surface area (Å²) < 4.78 is 5.59. The number of urea groups is 1. The SMILES string of the molecule is CCOC1CCN(C(=O)Nc2ccccc2C)CC1. The summed E-state index contributed by atoms with van der Waals surface area (Å²) in [7, 11) is 0. The largest absolute Gasteiger partial charge is 0.378 e. The van der Waals surface area contributed by atoms with E-state index in [0.29, 0.717) is 6.10 Å². The monoisotopic (exact) mass is 262 g/mol. The Kier molecular flexibility index (Phi) is 4.80. The second-order valence-electron chi connectivity index (χ2n) is 4.89. The van der Waals surface area contributed by atoms with Crippen LogP contribution in [0, 0.1) is 6.92 Å². The molecule has 4 nitrogen and oxygen atoms in total. The van der Waals surface area contributed by atoms with E-state index >= 15 is 0 Å². The predicted molar refractivity (Wildman–Crippen MR) is 76.4 cm³/mol. The first-order valence-corrected chi connectivity index (χ1v) is 6.94. The van der Waals surface area contributed by atoms with Crippen molar-refractivity contribution in [2.24, 2.45) is 0 Å². The fraction of sp³-hybridized carbons (Fsp3) is 0.533. The Bertz CT molecular complexity index is 426. The highest BCUT2D eigenvalue weighted by atomic mass is 16.5. The molecule has 2 rings (SSSR count). The number of nitrogens with one attached hydrogen (secondary N) is 1. The third kappa shape index (κ3) is 3.70. The Balaban J connectivity index is 1.87. The summed E-state index contributed by atoms with van der Waals surface area (Å²) in [5.41, 5.74) is 1.97. The maximum absolute atomic E-state index is 12.2. The van der Waals surface area contributed by atoms with Gasteiger partial charge in [0.1, 0.15) is 0 Å². The van der Waals surface area contributed by atoms with Crippen LogP contribution in [-0.2, 0) is 4.74 Å². The van der Waals surface area contributed by atoms with Crippen LogP contribution in [0.2, 0.25) is 0 Å². The third-order valence-corrected chi connectivity index (χ3v) is 3.52. The first kappa shape index (κ1) is 13.9.